The molecule has 114 valence electrons. The predicted octanol–water partition coefficient (Wildman–Crippen LogP) is -0.847. The van der Waals surface area contributed by atoms with E-state index in [0.717, 1.165) is 0 Å². The summed E-state index contributed by atoms with van der Waals surface area (Å²) in [5.41, 5.74) is 0. The lowest BCUT2D eigenvalue weighted by atomic mass is 10.1. The Bertz CT molecular complexity index is 496. The second-order valence-corrected chi connectivity index (χ2v) is 5.88. The Morgan fingerprint density at radius 3 is 2.71 bits per heavy atom. The molecule has 0 saturated carbocycles. The first-order valence-electron chi connectivity index (χ1n) is 7.06. The maximum absolute atomic E-state index is 13.3. The smallest absolute Gasteiger partial charge is 0.307 e. The summed E-state index contributed by atoms with van der Waals surface area (Å²) in [5.74, 6) is -1.37. The molecule has 8 heteroatoms. The van der Waals surface area contributed by atoms with E-state index < -0.39 is 18.2 Å². The number of hydrogen-bond donors (Lipinski definition) is 2. The molecule has 3 aliphatic heterocycles. The van der Waals surface area contributed by atoms with Crippen LogP contribution in [-0.2, 0) is 9.59 Å². The number of nitrogens with zero attached hydrogens (tertiary/aromatic N) is 3. The van der Waals surface area contributed by atoms with Crippen molar-refractivity contribution >= 4 is 11.9 Å². The fourth-order valence-corrected chi connectivity index (χ4v) is 3.37. The molecule has 0 aromatic rings. The van der Waals surface area contributed by atoms with Gasteiger partial charge < -0.3 is 10.0 Å². The van der Waals surface area contributed by atoms with Crippen molar-refractivity contribution in [1.82, 2.24) is 15.1 Å². The monoisotopic (exact) mass is 296 g/mol. The van der Waals surface area contributed by atoms with E-state index in [0.29, 0.717) is 13.0 Å². The summed E-state index contributed by atoms with van der Waals surface area (Å²) in [6, 6.07) is 1.45. The molecule has 6 atom stereocenters. The maximum Gasteiger partial charge on any atom is 0.307 e. The van der Waals surface area contributed by atoms with Gasteiger partial charge in [-0.2, -0.15) is 5.26 Å². The van der Waals surface area contributed by atoms with Gasteiger partial charge in [0.2, 0.25) is 5.91 Å². The van der Waals surface area contributed by atoms with Crippen LogP contribution in [0.4, 0.5) is 4.39 Å². The number of alkyl halides is 1. The predicted molar refractivity (Wildman–Crippen MR) is 68.7 cm³/mol. The van der Waals surface area contributed by atoms with Gasteiger partial charge in [-0.25, -0.2) is 4.39 Å². The summed E-state index contributed by atoms with van der Waals surface area (Å²) in [4.78, 5) is 26.2. The van der Waals surface area contributed by atoms with E-state index in [-0.39, 0.29) is 43.5 Å². The molecule has 21 heavy (non-hydrogen) atoms. The Labute approximate surface area is 121 Å². The van der Waals surface area contributed by atoms with Crippen LogP contribution in [0.15, 0.2) is 0 Å². The van der Waals surface area contributed by atoms with Gasteiger partial charge in [-0.15, -0.1) is 0 Å². The van der Waals surface area contributed by atoms with E-state index in [4.69, 9.17) is 10.4 Å². The molecular formula is C13H17FN4O3. The molecule has 3 fully saturated rings. The van der Waals surface area contributed by atoms with Crippen LogP contribution in [0, 0.1) is 17.2 Å². The number of rotatable bonds is 4. The number of hydrogen-bond acceptors (Lipinski definition) is 5. The molecule has 0 radical (unpaired) electrons. The Morgan fingerprint density at radius 1 is 1.38 bits per heavy atom. The molecule has 7 nitrogen and oxygen atoms in total. The number of nitriles is 1. The zero-order valence-corrected chi connectivity index (χ0v) is 11.4. The second kappa shape index (κ2) is 5.24. The molecule has 4 unspecified atom stereocenters. The highest BCUT2D eigenvalue weighted by Crippen LogP contribution is 2.39. The standard InChI is InChI=1S/C13H17FN4O3/c14-8-2-9(3-15)17(6-8)11(19)4-16-12-10-1-7(13(20)21)5-18(10)12/h7-10,12,16H,1-2,4-6H2,(H,20,21)/t7?,8-,9-,10?,12?,18?/m0/s1. The highest BCUT2D eigenvalue weighted by molar-refractivity contribution is 5.79. The number of halogens is 1. The van der Waals surface area contributed by atoms with Crippen LogP contribution in [-0.4, -0.2) is 70.8 Å². The van der Waals surface area contributed by atoms with Crippen molar-refractivity contribution in [2.45, 2.75) is 37.3 Å². The van der Waals surface area contributed by atoms with Gasteiger partial charge in [0.25, 0.3) is 0 Å². The van der Waals surface area contributed by atoms with E-state index in [2.05, 4.69) is 5.32 Å². The van der Waals surface area contributed by atoms with Gasteiger partial charge >= 0.3 is 5.97 Å². The van der Waals surface area contributed by atoms with Crippen LogP contribution in [0.2, 0.25) is 0 Å². The fourth-order valence-electron chi connectivity index (χ4n) is 3.37. The van der Waals surface area contributed by atoms with Gasteiger partial charge in [0.15, 0.2) is 0 Å². The Hall–Kier alpha value is -1.72. The van der Waals surface area contributed by atoms with Crippen LogP contribution in [0.25, 0.3) is 0 Å². The Balaban J connectivity index is 1.44. The molecule has 3 saturated heterocycles. The molecule has 0 aromatic carbocycles. The third kappa shape index (κ3) is 2.59. The fraction of sp³-hybridized carbons (Fsp3) is 0.769. The van der Waals surface area contributed by atoms with Crippen LogP contribution in [0.1, 0.15) is 12.8 Å². The largest absolute Gasteiger partial charge is 0.481 e. The first-order valence-corrected chi connectivity index (χ1v) is 7.06. The Kier molecular flexibility index (Phi) is 3.55. The normalized spacial score (nSPS) is 40.7. The van der Waals surface area contributed by atoms with Gasteiger partial charge in [0, 0.05) is 19.0 Å². The van der Waals surface area contributed by atoms with Crippen molar-refractivity contribution < 1.29 is 19.1 Å². The summed E-state index contributed by atoms with van der Waals surface area (Å²) in [6.45, 7) is 0.543. The van der Waals surface area contributed by atoms with Crippen molar-refractivity contribution in [2.75, 3.05) is 19.6 Å². The van der Waals surface area contributed by atoms with Crippen molar-refractivity contribution in [1.29, 1.82) is 5.26 Å². The van der Waals surface area contributed by atoms with Crippen molar-refractivity contribution in [3.63, 3.8) is 0 Å². The number of piperidine rings is 1. The minimum atomic E-state index is -1.13. The number of nitrogens with one attached hydrogen (secondary N) is 1. The average Bonchev–Trinajstić information content (AvgIpc) is 2.81. The van der Waals surface area contributed by atoms with Crippen molar-refractivity contribution in [3.8, 4) is 6.07 Å². The molecule has 2 N–H and O–H groups in total. The van der Waals surface area contributed by atoms with Crippen molar-refractivity contribution in [3.05, 3.63) is 0 Å². The summed E-state index contributed by atoms with van der Waals surface area (Å²) in [5, 5.41) is 20.9. The minimum absolute atomic E-state index is 0.0162. The number of fused-ring (bicyclic) bond motifs is 1. The number of likely N-dealkylation sites (tertiary alicyclic amines) is 1. The lowest BCUT2D eigenvalue weighted by Crippen LogP contribution is -2.43. The number of aliphatic carboxylic acids is 1. The summed E-state index contributed by atoms with van der Waals surface area (Å²) in [6.07, 6.45) is -0.410. The minimum Gasteiger partial charge on any atom is -0.481 e. The average molecular weight is 296 g/mol. The zero-order chi connectivity index (χ0) is 15.1. The number of amides is 1. The zero-order valence-electron chi connectivity index (χ0n) is 11.4. The topological polar surface area (TPSA) is 96.4 Å². The maximum atomic E-state index is 13.3. The van der Waals surface area contributed by atoms with Gasteiger partial charge in [-0.1, -0.05) is 0 Å². The molecule has 3 heterocycles. The molecule has 1 amide bonds. The summed E-state index contributed by atoms with van der Waals surface area (Å²) < 4.78 is 13.3. The Morgan fingerprint density at radius 2 is 2.14 bits per heavy atom. The number of carbonyl (C=O) groups is 2. The van der Waals surface area contributed by atoms with Gasteiger partial charge in [0.1, 0.15) is 12.2 Å². The number of carboxylic acids is 1. The molecule has 0 aliphatic carbocycles. The van der Waals surface area contributed by atoms with Crippen LogP contribution in [0.3, 0.4) is 0 Å². The SMILES string of the molecule is N#C[C@@H]1C[C@H](F)CN1C(=O)CNC1C2CC(C(=O)O)CN21. The highest BCUT2D eigenvalue weighted by Gasteiger charge is 2.55. The third-order valence-corrected chi connectivity index (χ3v) is 4.55. The van der Waals surface area contributed by atoms with Crippen LogP contribution in [0.5, 0.6) is 0 Å². The summed E-state index contributed by atoms with van der Waals surface area (Å²) >= 11 is 0. The summed E-state index contributed by atoms with van der Waals surface area (Å²) in [7, 11) is 0. The third-order valence-electron chi connectivity index (χ3n) is 4.55. The lowest BCUT2D eigenvalue weighted by molar-refractivity contribution is -0.141. The first-order chi connectivity index (χ1) is 10.0. The highest BCUT2D eigenvalue weighted by atomic mass is 19.1. The molecule has 0 bridgehead atoms. The molecule has 0 aromatic heterocycles. The van der Waals surface area contributed by atoms with Gasteiger partial charge in [-0.05, 0) is 6.42 Å². The van der Waals surface area contributed by atoms with E-state index >= 15 is 0 Å². The molecule has 0 spiro atoms. The number of carboxylic acid groups (broad SMARTS) is 1. The van der Waals surface area contributed by atoms with Gasteiger partial charge in [-0.3, -0.25) is 19.8 Å². The number of carbonyl (C=O) groups excluding carboxylic acids is 1. The molecule has 3 aliphatic rings. The van der Waals surface area contributed by atoms with E-state index in [1.807, 2.05) is 11.0 Å². The lowest BCUT2D eigenvalue weighted by Gasteiger charge is -2.19. The van der Waals surface area contributed by atoms with Crippen LogP contribution < -0.4 is 5.32 Å². The van der Waals surface area contributed by atoms with E-state index in [1.165, 1.54) is 4.90 Å². The van der Waals surface area contributed by atoms with Crippen molar-refractivity contribution in [2.24, 2.45) is 5.92 Å². The second-order valence-electron chi connectivity index (χ2n) is 5.88. The first kappa shape index (κ1) is 14.2. The van der Waals surface area contributed by atoms with Gasteiger partial charge in [0.05, 0.1) is 31.2 Å². The van der Waals surface area contributed by atoms with Crippen LogP contribution >= 0.6 is 0 Å². The molecule has 3 rings (SSSR count). The van der Waals surface area contributed by atoms with E-state index in [1.54, 1.807) is 0 Å². The van der Waals surface area contributed by atoms with E-state index in [9.17, 15) is 14.0 Å². The molecular weight excluding hydrogens is 279 g/mol. The quantitative estimate of drug-likeness (QED) is 0.656.